The quantitative estimate of drug-likeness (QED) is 0.710. The van der Waals surface area contributed by atoms with E-state index in [0.29, 0.717) is 23.8 Å². The second-order valence-corrected chi connectivity index (χ2v) is 6.07. The molecule has 0 radical (unpaired) electrons. The minimum Gasteiger partial charge on any atom is -0.339 e. The van der Waals surface area contributed by atoms with E-state index in [9.17, 15) is 4.79 Å². The fourth-order valence-corrected chi connectivity index (χ4v) is 3.09. The van der Waals surface area contributed by atoms with Gasteiger partial charge in [0, 0.05) is 18.7 Å². The van der Waals surface area contributed by atoms with Crippen LogP contribution in [0.4, 0.5) is 0 Å². The largest absolute Gasteiger partial charge is 0.339 e. The molecule has 1 aliphatic rings. The number of hydrogen-bond donors (Lipinski definition) is 0. The summed E-state index contributed by atoms with van der Waals surface area (Å²) in [7, 11) is 0. The average molecular weight is 339 g/mol. The van der Waals surface area contributed by atoms with E-state index in [1.54, 1.807) is 19.1 Å². The number of aromatic nitrogens is 6. The van der Waals surface area contributed by atoms with Crippen LogP contribution < -0.4 is 0 Å². The molecule has 4 rings (SSSR count). The van der Waals surface area contributed by atoms with Gasteiger partial charge in [-0.15, -0.1) is 5.10 Å². The number of hydrogen-bond acceptors (Lipinski definition) is 7. The summed E-state index contributed by atoms with van der Waals surface area (Å²) < 4.78 is 6.81. The number of tetrazole rings is 1. The van der Waals surface area contributed by atoms with Crippen molar-refractivity contribution in [3.05, 3.63) is 47.9 Å². The first-order valence-electron chi connectivity index (χ1n) is 8.13. The van der Waals surface area contributed by atoms with E-state index in [1.165, 1.54) is 11.0 Å². The molecule has 1 saturated heterocycles. The van der Waals surface area contributed by atoms with Crippen LogP contribution in [0.5, 0.6) is 0 Å². The monoisotopic (exact) mass is 339 g/mol. The summed E-state index contributed by atoms with van der Waals surface area (Å²) in [6.45, 7) is 3.09. The number of amides is 1. The first-order valence-corrected chi connectivity index (χ1v) is 8.13. The number of piperidine rings is 1. The van der Waals surface area contributed by atoms with Crippen LogP contribution in [0.3, 0.4) is 0 Å². The predicted octanol–water partition coefficient (Wildman–Crippen LogP) is 1.37. The number of benzene rings is 1. The SMILES string of the molecule is Cc1noc(C2CCCN(C(=O)c3cccc(-n4cnnn4)c3)C2)n1. The maximum Gasteiger partial charge on any atom is 0.253 e. The summed E-state index contributed by atoms with van der Waals surface area (Å²) in [6.07, 6.45) is 3.35. The number of likely N-dealkylation sites (tertiary alicyclic amines) is 1. The van der Waals surface area contributed by atoms with Gasteiger partial charge in [0.05, 0.1) is 11.6 Å². The van der Waals surface area contributed by atoms with Crippen LogP contribution in [0.1, 0.15) is 40.8 Å². The van der Waals surface area contributed by atoms with Gasteiger partial charge >= 0.3 is 0 Å². The second kappa shape index (κ2) is 6.42. The Morgan fingerprint density at radius 2 is 2.28 bits per heavy atom. The van der Waals surface area contributed by atoms with Gasteiger partial charge in [0.15, 0.2) is 5.82 Å². The maximum atomic E-state index is 12.9. The summed E-state index contributed by atoms with van der Waals surface area (Å²) in [5.41, 5.74) is 1.35. The molecule has 128 valence electrons. The van der Waals surface area contributed by atoms with Gasteiger partial charge in [0.1, 0.15) is 6.33 Å². The van der Waals surface area contributed by atoms with Crippen molar-refractivity contribution in [2.45, 2.75) is 25.7 Å². The average Bonchev–Trinajstić information content (AvgIpc) is 3.33. The third-order valence-corrected chi connectivity index (χ3v) is 4.31. The Balaban J connectivity index is 1.53. The first-order chi connectivity index (χ1) is 12.2. The molecule has 0 spiro atoms. The van der Waals surface area contributed by atoms with E-state index >= 15 is 0 Å². The van der Waals surface area contributed by atoms with Gasteiger partial charge in [0.2, 0.25) is 5.89 Å². The van der Waals surface area contributed by atoms with Crippen LogP contribution in [0.25, 0.3) is 5.69 Å². The number of rotatable bonds is 3. The van der Waals surface area contributed by atoms with Crippen molar-refractivity contribution in [2.75, 3.05) is 13.1 Å². The number of nitrogens with zero attached hydrogens (tertiary/aromatic N) is 7. The van der Waals surface area contributed by atoms with Crippen molar-refractivity contribution in [1.29, 1.82) is 0 Å². The molecule has 9 heteroatoms. The fourth-order valence-electron chi connectivity index (χ4n) is 3.09. The van der Waals surface area contributed by atoms with E-state index in [-0.39, 0.29) is 11.8 Å². The minimum absolute atomic E-state index is 0.0177. The molecule has 3 aromatic rings. The zero-order valence-corrected chi connectivity index (χ0v) is 13.7. The van der Waals surface area contributed by atoms with E-state index < -0.39 is 0 Å². The van der Waals surface area contributed by atoms with Crippen LogP contribution in [0, 0.1) is 6.92 Å². The Morgan fingerprint density at radius 1 is 1.36 bits per heavy atom. The summed E-state index contributed by atoms with van der Waals surface area (Å²) in [4.78, 5) is 19.0. The smallest absolute Gasteiger partial charge is 0.253 e. The second-order valence-electron chi connectivity index (χ2n) is 6.07. The molecule has 1 atom stereocenters. The highest BCUT2D eigenvalue weighted by atomic mass is 16.5. The molecule has 3 heterocycles. The lowest BCUT2D eigenvalue weighted by atomic mass is 9.97. The molecule has 1 aromatic carbocycles. The molecular formula is C16H17N7O2. The third kappa shape index (κ3) is 3.12. The summed E-state index contributed by atoms with van der Waals surface area (Å²) in [6, 6.07) is 7.27. The lowest BCUT2D eigenvalue weighted by Gasteiger charge is -2.31. The molecule has 0 N–H and O–H groups in total. The molecule has 0 aliphatic carbocycles. The summed E-state index contributed by atoms with van der Waals surface area (Å²) >= 11 is 0. The topological polar surface area (TPSA) is 103 Å². The minimum atomic E-state index is -0.0177. The highest BCUT2D eigenvalue weighted by molar-refractivity contribution is 5.94. The fraction of sp³-hybridized carbons (Fsp3) is 0.375. The molecule has 25 heavy (non-hydrogen) atoms. The Bertz CT molecular complexity index is 874. The lowest BCUT2D eigenvalue weighted by Crippen LogP contribution is -2.39. The zero-order valence-electron chi connectivity index (χ0n) is 13.7. The summed E-state index contributed by atoms with van der Waals surface area (Å²) in [5.74, 6) is 1.29. The number of carbonyl (C=O) groups excluding carboxylic acids is 1. The highest BCUT2D eigenvalue weighted by Gasteiger charge is 2.28. The lowest BCUT2D eigenvalue weighted by molar-refractivity contribution is 0.0695. The Kier molecular flexibility index (Phi) is 3.96. The first kappa shape index (κ1) is 15.4. The van der Waals surface area contributed by atoms with Crippen LogP contribution in [-0.2, 0) is 0 Å². The van der Waals surface area contributed by atoms with Crippen molar-refractivity contribution in [3.63, 3.8) is 0 Å². The molecule has 1 fully saturated rings. The number of aryl methyl sites for hydroxylation is 1. The highest BCUT2D eigenvalue weighted by Crippen LogP contribution is 2.26. The van der Waals surface area contributed by atoms with Gasteiger partial charge in [-0.1, -0.05) is 11.2 Å². The standard InChI is InChI=1S/C16H17N7O2/c1-11-18-15(25-19-11)13-5-3-7-22(9-13)16(24)12-4-2-6-14(8-12)23-10-17-20-21-23/h2,4,6,8,10,13H,3,5,7,9H2,1H3. The van der Waals surface area contributed by atoms with Crippen LogP contribution in [0.15, 0.2) is 35.1 Å². The predicted molar refractivity (Wildman–Crippen MR) is 86.1 cm³/mol. The molecule has 0 bridgehead atoms. The number of carbonyl (C=O) groups is 1. The van der Waals surface area contributed by atoms with E-state index in [4.69, 9.17) is 4.52 Å². The van der Waals surface area contributed by atoms with Crippen molar-refractivity contribution in [2.24, 2.45) is 0 Å². The molecular weight excluding hydrogens is 322 g/mol. The Labute approximate surface area is 143 Å². The van der Waals surface area contributed by atoms with Crippen LogP contribution in [0.2, 0.25) is 0 Å². The van der Waals surface area contributed by atoms with E-state index in [2.05, 4.69) is 25.7 Å². The van der Waals surface area contributed by atoms with Crippen LogP contribution in [-0.4, -0.2) is 54.2 Å². The van der Waals surface area contributed by atoms with Gasteiger partial charge in [0.25, 0.3) is 5.91 Å². The van der Waals surface area contributed by atoms with Gasteiger partial charge in [-0.2, -0.15) is 4.98 Å². The van der Waals surface area contributed by atoms with Crippen molar-refractivity contribution in [1.82, 2.24) is 35.2 Å². The molecule has 2 aromatic heterocycles. The molecule has 1 aliphatic heterocycles. The van der Waals surface area contributed by atoms with Crippen molar-refractivity contribution in [3.8, 4) is 5.69 Å². The molecule has 9 nitrogen and oxygen atoms in total. The van der Waals surface area contributed by atoms with Gasteiger partial charge in [-0.25, -0.2) is 4.68 Å². The molecule has 1 amide bonds. The van der Waals surface area contributed by atoms with Gasteiger partial charge < -0.3 is 9.42 Å². The van der Waals surface area contributed by atoms with Crippen molar-refractivity contribution < 1.29 is 9.32 Å². The maximum absolute atomic E-state index is 12.9. The Morgan fingerprint density at radius 3 is 3.04 bits per heavy atom. The van der Waals surface area contributed by atoms with Gasteiger partial charge in [-0.05, 0) is 48.4 Å². The van der Waals surface area contributed by atoms with Gasteiger partial charge in [-0.3, -0.25) is 4.79 Å². The van der Waals surface area contributed by atoms with Crippen molar-refractivity contribution >= 4 is 5.91 Å². The molecule has 0 saturated carbocycles. The normalized spacial score (nSPS) is 17.6. The molecule has 1 unspecified atom stereocenters. The van der Waals surface area contributed by atoms with E-state index in [1.807, 2.05) is 17.0 Å². The van der Waals surface area contributed by atoms with Crippen LogP contribution >= 0.6 is 0 Å². The van der Waals surface area contributed by atoms with E-state index in [0.717, 1.165) is 25.1 Å². The third-order valence-electron chi connectivity index (χ3n) is 4.31. The Hall–Kier alpha value is -3.10. The summed E-state index contributed by atoms with van der Waals surface area (Å²) in [5, 5.41) is 14.9. The zero-order chi connectivity index (χ0) is 17.2.